The molecule has 4 nitrogen and oxygen atoms in total. The lowest BCUT2D eigenvalue weighted by Gasteiger charge is -2.07. The molecule has 0 bridgehead atoms. The molecule has 0 aliphatic carbocycles. The topological polar surface area (TPSA) is 50.5 Å². The Labute approximate surface area is 152 Å². The van der Waals surface area contributed by atoms with Crippen molar-refractivity contribution >= 4 is 44.9 Å². The summed E-state index contributed by atoms with van der Waals surface area (Å²) in [6, 6.07) is 9.61. The number of furan rings is 1. The van der Waals surface area contributed by atoms with Crippen LogP contribution >= 0.6 is 27.7 Å². The van der Waals surface area contributed by atoms with E-state index in [2.05, 4.69) is 22.5 Å². The third-order valence-electron chi connectivity index (χ3n) is 3.48. The van der Waals surface area contributed by atoms with E-state index in [1.807, 2.05) is 31.2 Å². The fraction of sp³-hybridized carbons (Fsp3) is 0.111. The molecule has 0 saturated carbocycles. The number of imide groups is 1. The van der Waals surface area contributed by atoms with E-state index in [0.29, 0.717) is 16.4 Å². The molecule has 0 spiro atoms. The highest BCUT2D eigenvalue weighted by Gasteiger charge is 2.34. The van der Waals surface area contributed by atoms with Gasteiger partial charge in [-0.1, -0.05) is 28.1 Å². The van der Waals surface area contributed by atoms with Crippen LogP contribution in [0.3, 0.4) is 0 Å². The van der Waals surface area contributed by atoms with Gasteiger partial charge in [0.2, 0.25) is 0 Å². The van der Waals surface area contributed by atoms with Crippen LogP contribution in [-0.2, 0) is 4.79 Å². The Balaban J connectivity index is 1.88. The minimum Gasteiger partial charge on any atom is -0.457 e. The van der Waals surface area contributed by atoms with Gasteiger partial charge in [0.25, 0.3) is 11.1 Å². The summed E-state index contributed by atoms with van der Waals surface area (Å²) in [5, 5.41) is -0.292. The molecule has 2 aromatic rings. The van der Waals surface area contributed by atoms with Crippen molar-refractivity contribution in [1.82, 2.24) is 4.90 Å². The second-order valence-electron chi connectivity index (χ2n) is 5.27. The molecule has 1 aliphatic heterocycles. The Morgan fingerprint density at radius 3 is 2.79 bits per heavy atom. The first-order chi connectivity index (χ1) is 11.5. The zero-order valence-corrected chi connectivity index (χ0v) is 15.3. The first-order valence-corrected chi connectivity index (χ1v) is 8.83. The smallest absolute Gasteiger partial charge is 0.293 e. The standard InChI is InChI=1S/C18H14BrNO3S/c1-3-8-20-17(21)16(24-18(20)22)10-12-5-7-15(23-12)13-6-4-11(2)9-14(13)19/h3-7,9-10H,1,8H2,2H3. The van der Waals surface area contributed by atoms with Crippen LogP contribution in [0.25, 0.3) is 17.4 Å². The molecule has 1 fully saturated rings. The van der Waals surface area contributed by atoms with E-state index in [1.165, 1.54) is 6.08 Å². The van der Waals surface area contributed by atoms with Gasteiger partial charge in [-0.15, -0.1) is 6.58 Å². The monoisotopic (exact) mass is 403 g/mol. The van der Waals surface area contributed by atoms with E-state index in [9.17, 15) is 9.59 Å². The molecule has 1 aromatic heterocycles. The molecule has 6 heteroatoms. The molecule has 0 radical (unpaired) electrons. The molecular weight excluding hydrogens is 390 g/mol. The van der Waals surface area contributed by atoms with Gasteiger partial charge < -0.3 is 4.42 Å². The van der Waals surface area contributed by atoms with Gasteiger partial charge in [0, 0.05) is 22.7 Å². The van der Waals surface area contributed by atoms with Gasteiger partial charge in [-0.3, -0.25) is 14.5 Å². The molecule has 0 unspecified atom stereocenters. The molecular formula is C18H14BrNO3S. The quantitative estimate of drug-likeness (QED) is 0.517. The van der Waals surface area contributed by atoms with E-state index in [4.69, 9.17) is 4.42 Å². The van der Waals surface area contributed by atoms with E-state index in [-0.39, 0.29) is 17.7 Å². The molecule has 0 atom stereocenters. The molecule has 0 N–H and O–H groups in total. The van der Waals surface area contributed by atoms with Crippen LogP contribution < -0.4 is 0 Å². The van der Waals surface area contributed by atoms with Crippen LogP contribution in [-0.4, -0.2) is 22.6 Å². The number of halogens is 1. The molecule has 2 heterocycles. The Morgan fingerprint density at radius 1 is 1.29 bits per heavy atom. The number of benzene rings is 1. The second-order valence-corrected chi connectivity index (χ2v) is 7.11. The van der Waals surface area contributed by atoms with Crippen molar-refractivity contribution in [3.8, 4) is 11.3 Å². The maximum atomic E-state index is 12.2. The molecule has 1 saturated heterocycles. The van der Waals surface area contributed by atoms with Gasteiger partial charge in [0.1, 0.15) is 11.5 Å². The van der Waals surface area contributed by atoms with Crippen molar-refractivity contribution in [1.29, 1.82) is 0 Å². The largest absolute Gasteiger partial charge is 0.457 e. The maximum Gasteiger partial charge on any atom is 0.293 e. The Kier molecular flexibility index (Phi) is 4.78. The fourth-order valence-corrected chi connectivity index (χ4v) is 3.83. The Hall–Kier alpha value is -2.05. The first kappa shape index (κ1) is 16.8. The van der Waals surface area contributed by atoms with Gasteiger partial charge in [-0.25, -0.2) is 0 Å². The lowest BCUT2D eigenvalue weighted by molar-refractivity contribution is -0.122. The van der Waals surface area contributed by atoms with Crippen LogP contribution in [0.5, 0.6) is 0 Å². The molecule has 2 amide bonds. The third kappa shape index (κ3) is 3.25. The van der Waals surface area contributed by atoms with Crippen LogP contribution in [0.4, 0.5) is 4.79 Å². The number of aryl methyl sites for hydroxylation is 1. The highest BCUT2D eigenvalue weighted by Crippen LogP contribution is 2.34. The molecule has 24 heavy (non-hydrogen) atoms. The van der Waals surface area contributed by atoms with Gasteiger partial charge in [-0.2, -0.15) is 0 Å². The van der Waals surface area contributed by atoms with E-state index in [0.717, 1.165) is 32.3 Å². The molecule has 1 aromatic carbocycles. The predicted octanol–water partition coefficient (Wildman–Crippen LogP) is 5.24. The number of thioether (sulfide) groups is 1. The summed E-state index contributed by atoms with van der Waals surface area (Å²) < 4.78 is 6.75. The summed E-state index contributed by atoms with van der Waals surface area (Å²) in [5.74, 6) is 0.902. The number of rotatable bonds is 4. The van der Waals surface area contributed by atoms with Crippen molar-refractivity contribution in [3.63, 3.8) is 0 Å². The Bertz CT molecular complexity index is 869. The summed E-state index contributed by atoms with van der Waals surface area (Å²) in [6.45, 7) is 5.78. The Morgan fingerprint density at radius 2 is 2.08 bits per heavy atom. The zero-order valence-electron chi connectivity index (χ0n) is 12.9. The van der Waals surface area contributed by atoms with Crippen molar-refractivity contribution in [3.05, 3.63) is 63.7 Å². The second kappa shape index (κ2) is 6.83. The van der Waals surface area contributed by atoms with E-state index < -0.39 is 0 Å². The molecule has 122 valence electrons. The fourth-order valence-electron chi connectivity index (χ4n) is 2.31. The van der Waals surface area contributed by atoms with E-state index >= 15 is 0 Å². The van der Waals surface area contributed by atoms with Crippen molar-refractivity contribution in [2.24, 2.45) is 0 Å². The predicted molar refractivity (Wildman–Crippen MR) is 99.5 cm³/mol. The lowest BCUT2D eigenvalue weighted by Crippen LogP contribution is -2.27. The summed E-state index contributed by atoms with van der Waals surface area (Å²) in [6.07, 6.45) is 3.12. The maximum absolute atomic E-state index is 12.2. The van der Waals surface area contributed by atoms with Crippen LogP contribution in [0.2, 0.25) is 0 Å². The number of amides is 2. The van der Waals surface area contributed by atoms with E-state index in [1.54, 1.807) is 12.1 Å². The highest BCUT2D eigenvalue weighted by molar-refractivity contribution is 9.10. The average Bonchev–Trinajstić information content (AvgIpc) is 3.08. The van der Waals surface area contributed by atoms with Crippen molar-refractivity contribution < 1.29 is 14.0 Å². The molecule has 3 rings (SSSR count). The summed E-state index contributed by atoms with van der Waals surface area (Å²) in [5.41, 5.74) is 2.08. The SMILES string of the molecule is C=CCN1C(=O)SC(=Cc2ccc(-c3ccc(C)cc3Br)o2)C1=O. The van der Waals surface area contributed by atoms with Crippen LogP contribution in [0, 0.1) is 6.92 Å². The number of carbonyl (C=O) groups is 2. The number of carbonyl (C=O) groups excluding carboxylic acids is 2. The van der Waals surface area contributed by atoms with Gasteiger partial charge in [0.05, 0.1) is 4.91 Å². The molecule has 1 aliphatic rings. The minimum absolute atomic E-state index is 0.210. The normalized spacial score (nSPS) is 16.2. The summed E-state index contributed by atoms with van der Waals surface area (Å²) in [7, 11) is 0. The highest BCUT2D eigenvalue weighted by atomic mass is 79.9. The minimum atomic E-state index is -0.320. The zero-order chi connectivity index (χ0) is 17.3. The summed E-state index contributed by atoms with van der Waals surface area (Å²) >= 11 is 4.44. The van der Waals surface area contributed by atoms with Crippen LogP contribution in [0.1, 0.15) is 11.3 Å². The van der Waals surface area contributed by atoms with Crippen molar-refractivity contribution in [2.75, 3.05) is 6.54 Å². The number of hydrogen-bond donors (Lipinski definition) is 0. The van der Waals surface area contributed by atoms with Crippen LogP contribution in [0.15, 0.2) is 56.8 Å². The van der Waals surface area contributed by atoms with Gasteiger partial charge in [-0.05, 0) is 48.5 Å². The first-order valence-electron chi connectivity index (χ1n) is 7.22. The summed E-state index contributed by atoms with van der Waals surface area (Å²) in [4.78, 5) is 25.5. The number of hydrogen-bond acceptors (Lipinski definition) is 4. The van der Waals surface area contributed by atoms with Gasteiger partial charge in [0.15, 0.2) is 0 Å². The van der Waals surface area contributed by atoms with Crippen molar-refractivity contribution in [2.45, 2.75) is 6.92 Å². The number of nitrogens with zero attached hydrogens (tertiary/aromatic N) is 1. The van der Waals surface area contributed by atoms with Gasteiger partial charge >= 0.3 is 0 Å². The third-order valence-corrected chi connectivity index (χ3v) is 5.04. The lowest BCUT2D eigenvalue weighted by atomic mass is 10.1. The average molecular weight is 404 g/mol.